The number of benzene rings is 1. The highest BCUT2D eigenvalue weighted by atomic mass is 14.2. The quantitative estimate of drug-likeness (QED) is 0.446. The summed E-state index contributed by atoms with van der Waals surface area (Å²) in [6.07, 6.45) is 18.0. The van der Waals surface area contributed by atoms with E-state index in [1.807, 2.05) is 18.2 Å². The van der Waals surface area contributed by atoms with Gasteiger partial charge in [-0.2, -0.15) is 5.26 Å². The minimum atomic E-state index is 0.711. The Morgan fingerprint density at radius 3 is 2.26 bits per heavy atom. The van der Waals surface area contributed by atoms with Gasteiger partial charge < -0.3 is 0 Å². The molecule has 1 nitrogen and oxygen atoms in total. The van der Waals surface area contributed by atoms with E-state index in [4.69, 9.17) is 5.26 Å². The lowest BCUT2D eigenvalue weighted by Gasteiger charge is -2.26. The third-order valence-corrected chi connectivity index (χ3v) is 4.96. The highest BCUT2D eigenvalue weighted by molar-refractivity contribution is 5.22. The molecule has 0 radical (unpaired) electrons. The molecular formula is C22H29N. The van der Waals surface area contributed by atoms with Crippen molar-refractivity contribution in [2.24, 2.45) is 11.8 Å². The molecule has 1 fully saturated rings. The molecule has 2 rings (SSSR count). The van der Waals surface area contributed by atoms with Gasteiger partial charge in [0, 0.05) is 6.08 Å². The third-order valence-electron chi connectivity index (χ3n) is 4.96. The van der Waals surface area contributed by atoms with Crippen LogP contribution in [0, 0.1) is 23.2 Å². The van der Waals surface area contributed by atoms with Crippen LogP contribution in [0.5, 0.6) is 0 Å². The summed E-state index contributed by atoms with van der Waals surface area (Å²) in [4.78, 5) is 0. The molecule has 0 heterocycles. The molecule has 0 aliphatic heterocycles. The highest BCUT2D eigenvalue weighted by Crippen LogP contribution is 2.32. The van der Waals surface area contributed by atoms with E-state index in [1.54, 1.807) is 0 Å². The maximum absolute atomic E-state index is 8.46. The molecule has 1 aliphatic rings. The summed E-state index contributed by atoms with van der Waals surface area (Å²) in [5.41, 5.74) is 2.96. The maximum Gasteiger partial charge on any atom is 0.0912 e. The Bertz CT molecular complexity index is 536. The van der Waals surface area contributed by atoms with Gasteiger partial charge in [0.25, 0.3) is 0 Å². The minimum absolute atomic E-state index is 0.711. The lowest BCUT2D eigenvalue weighted by molar-refractivity contribution is 0.296. The lowest BCUT2D eigenvalue weighted by Crippen LogP contribution is -2.13. The summed E-state index contributed by atoms with van der Waals surface area (Å²) >= 11 is 0. The predicted octanol–water partition coefficient (Wildman–Crippen LogP) is 6.01. The van der Waals surface area contributed by atoms with Crippen LogP contribution in [0.2, 0.25) is 0 Å². The van der Waals surface area contributed by atoms with E-state index in [0.29, 0.717) is 5.92 Å². The predicted molar refractivity (Wildman–Crippen MR) is 98.1 cm³/mol. The zero-order valence-corrected chi connectivity index (χ0v) is 14.4. The zero-order chi connectivity index (χ0) is 16.3. The van der Waals surface area contributed by atoms with Gasteiger partial charge in [-0.15, -0.1) is 0 Å². The molecule has 122 valence electrons. The van der Waals surface area contributed by atoms with E-state index in [-0.39, 0.29) is 0 Å². The number of nitrogens with zero attached hydrogens (tertiary/aromatic N) is 1. The normalized spacial score (nSPS) is 21.7. The van der Waals surface area contributed by atoms with Gasteiger partial charge in [-0.05, 0) is 67.9 Å². The Kier molecular flexibility index (Phi) is 7.67. The molecule has 1 aromatic rings. The smallest absolute Gasteiger partial charge is 0.0912 e. The van der Waals surface area contributed by atoms with Crippen molar-refractivity contribution < 1.29 is 0 Å². The van der Waals surface area contributed by atoms with Crippen LogP contribution in [0.25, 0.3) is 0 Å². The SMILES string of the molecule is CCCc1ccc(CCC2CCC(C=CC=CC#N)CC2)cc1. The van der Waals surface area contributed by atoms with Crippen molar-refractivity contribution >= 4 is 0 Å². The van der Waals surface area contributed by atoms with Gasteiger partial charge in [0.05, 0.1) is 6.07 Å². The Labute approximate surface area is 141 Å². The van der Waals surface area contributed by atoms with Gasteiger partial charge in [-0.1, -0.05) is 55.8 Å². The van der Waals surface area contributed by atoms with Crippen molar-refractivity contribution in [3.05, 3.63) is 59.7 Å². The Hall–Kier alpha value is -1.81. The molecule has 0 bridgehead atoms. The summed E-state index contributed by atoms with van der Waals surface area (Å²) in [5.74, 6) is 1.60. The average Bonchev–Trinajstić information content (AvgIpc) is 2.59. The first-order chi connectivity index (χ1) is 11.3. The van der Waals surface area contributed by atoms with Crippen LogP contribution >= 0.6 is 0 Å². The Balaban J connectivity index is 1.69. The van der Waals surface area contributed by atoms with Crippen molar-refractivity contribution in [1.29, 1.82) is 5.26 Å². The number of nitriles is 1. The average molecular weight is 307 g/mol. The number of rotatable bonds is 7. The molecule has 0 unspecified atom stereocenters. The Morgan fingerprint density at radius 2 is 1.65 bits per heavy atom. The fourth-order valence-electron chi connectivity index (χ4n) is 3.52. The van der Waals surface area contributed by atoms with Crippen LogP contribution in [-0.4, -0.2) is 0 Å². The van der Waals surface area contributed by atoms with E-state index in [0.717, 1.165) is 5.92 Å². The number of hydrogen-bond acceptors (Lipinski definition) is 1. The fraction of sp³-hybridized carbons (Fsp3) is 0.500. The molecule has 23 heavy (non-hydrogen) atoms. The number of aryl methyl sites for hydroxylation is 2. The second-order valence-electron chi connectivity index (χ2n) is 6.76. The number of hydrogen-bond donors (Lipinski definition) is 0. The topological polar surface area (TPSA) is 23.8 Å². The molecule has 0 saturated heterocycles. The second-order valence-corrected chi connectivity index (χ2v) is 6.76. The fourth-order valence-corrected chi connectivity index (χ4v) is 3.52. The van der Waals surface area contributed by atoms with Crippen molar-refractivity contribution in [1.82, 2.24) is 0 Å². The van der Waals surface area contributed by atoms with Gasteiger partial charge in [-0.3, -0.25) is 0 Å². The van der Waals surface area contributed by atoms with Crippen LogP contribution < -0.4 is 0 Å². The van der Waals surface area contributed by atoms with Gasteiger partial charge in [-0.25, -0.2) is 0 Å². The molecule has 0 N–H and O–H groups in total. The minimum Gasteiger partial charge on any atom is -0.193 e. The van der Waals surface area contributed by atoms with Crippen LogP contribution in [-0.2, 0) is 12.8 Å². The molecule has 1 saturated carbocycles. The van der Waals surface area contributed by atoms with Crippen LogP contribution in [0.1, 0.15) is 56.6 Å². The monoisotopic (exact) mass is 307 g/mol. The van der Waals surface area contributed by atoms with E-state index in [2.05, 4.69) is 37.3 Å². The molecule has 0 amide bonds. The second kappa shape index (κ2) is 10.1. The summed E-state index contributed by atoms with van der Waals surface area (Å²) in [6, 6.07) is 11.3. The molecule has 0 atom stereocenters. The van der Waals surface area contributed by atoms with Gasteiger partial charge in [0.15, 0.2) is 0 Å². The first kappa shape index (κ1) is 17.5. The van der Waals surface area contributed by atoms with Gasteiger partial charge in [0.2, 0.25) is 0 Å². The molecular weight excluding hydrogens is 278 g/mol. The summed E-state index contributed by atoms with van der Waals surface area (Å²) in [6.45, 7) is 2.24. The van der Waals surface area contributed by atoms with Crippen molar-refractivity contribution in [3.63, 3.8) is 0 Å². The van der Waals surface area contributed by atoms with Gasteiger partial charge >= 0.3 is 0 Å². The summed E-state index contributed by atoms with van der Waals surface area (Å²) in [5, 5.41) is 8.46. The van der Waals surface area contributed by atoms with Gasteiger partial charge in [0.1, 0.15) is 0 Å². The third kappa shape index (κ3) is 6.45. The summed E-state index contributed by atoms with van der Waals surface area (Å²) < 4.78 is 0. The van der Waals surface area contributed by atoms with Crippen molar-refractivity contribution in [2.75, 3.05) is 0 Å². The molecule has 0 aromatic heterocycles. The zero-order valence-electron chi connectivity index (χ0n) is 14.4. The van der Waals surface area contributed by atoms with E-state index in [1.165, 1.54) is 68.6 Å². The first-order valence-electron chi connectivity index (χ1n) is 9.12. The highest BCUT2D eigenvalue weighted by Gasteiger charge is 2.19. The van der Waals surface area contributed by atoms with E-state index < -0.39 is 0 Å². The summed E-state index contributed by atoms with van der Waals surface area (Å²) in [7, 11) is 0. The molecule has 0 spiro atoms. The van der Waals surface area contributed by atoms with Crippen molar-refractivity contribution in [3.8, 4) is 6.07 Å². The Morgan fingerprint density at radius 1 is 1.00 bits per heavy atom. The first-order valence-corrected chi connectivity index (χ1v) is 9.12. The molecule has 1 aromatic carbocycles. The standard InChI is InChI=1S/C22H29N/c1-2-6-19-8-12-21(13-9-19)16-17-22-14-10-20(11-15-22)7-4-3-5-18-23/h3-5,7-9,12-13,20,22H,2,6,10-11,14-17H2,1H3. The largest absolute Gasteiger partial charge is 0.193 e. The van der Waals surface area contributed by atoms with E-state index >= 15 is 0 Å². The van der Waals surface area contributed by atoms with Crippen molar-refractivity contribution in [2.45, 2.75) is 58.3 Å². The van der Waals surface area contributed by atoms with Crippen LogP contribution in [0.3, 0.4) is 0 Å². The lowest BCUT2D eigenvalue weighted by atomic mass is 9.79. The molecule has 1 aliphatic carbocycles. The maximum atomic E-state index is 8.46. The molecule has 1 heteroatoms. The van der Waals surface area contributed by atoms with E-state index in [9.17, 15) is 0 Å². The number of allylic oxidation sites excluding steroid dienone is 4. The van der Waals surface area contributed by atoms with Crippen LogP contribution in [0.15, 0.2) is 48.6 Å². The van der Waals surface area contributed by atoms with Crippen LogP contribution in [0.4, 0.5) is 0 Å².